The van der Waals surface area contributed by atoms with Gasteiger partial charge >= 0.3 is 0 Å². The standard InChI is InChI=1S/C23H24N2O4/c1-5-7-17-12-16(14-21(28-4)22(17)29-6-2)13-18(15-24)23(26)25-19-8-10-20(27-3)11-9-19/h5,8-14H,1,6-7H2,2-4H3,(H,25,26)/b18-13+. The Hall–Kier alpha value is -3.72. The average Bonchev–Trinajstić information content (AvgIpc) is 2.74. The summed E-state index contributed by atoms with van der Waals surface area (Å²) in [6, 6.07) is 12.4. The van der Waals surface area contributed by atoms with Gasteiger partial charge in [-0.15, -0.1) is 6.58 Å². The van der Waals surface area contributed by atoms with E-state index in [-0.39, 0.29) is 5.57 Å². The van der Waals surface area contributed by atoms with Crippen LogP contribution < -0.4 is 19.5 Å². The molecule has 1 amide bonds. The lowest BCUT2D eigenvalue weighted by molar-refractivity contribution is -0.112. The van der Waals surface area contributed by atoms with Crippen LogP contribution in [0.25, 0.3) is 6.08 Å². The Morgan fingerprint density at radius 1 is 1.21 bits per heavy atom. The van der Waals surface area contributed by atoms with E-state index in [1.54, 1.807) is 50.6 Å². The van der Waals surface area contributed by atoms with E-state index in [2.05, 4.69) is 11.9 Å². The first-order valence-electron chi connectivity index (χ1n) is 9.08. The quantitative estimate of drug-likeness (QED) is 0.389. The normalized spacial score (nSPS) is 10.6. The van der Waals surface area contributed by atoms with E-state index in [1.807, 2.05) is 19.1 Å². The molecule has 0 heterocycles. The number of methoxy groups -OCH3 is 2. The topological polar surface area (TPSA) is 80.6 Å². The highest BCUT2D eigenvalue weighted by Crippen LogP contribution is 2.34. The van der Waals surface area contributed by atoms with Crippen LogP contribution in [0.1, 0.15) is 18.1 Å². The Morgan fingerprint density at radius 2 is 1.93 bits per heavy atom. The van der Waals surface area contributed by atoms with Crippen molar-refractivity contribution in [1.29, 1.82) is 5.26 Å². The predicted octanol–water partition coefficient (Wildman–Crippen LogP) is 4.38. The van der Waals surface area contributed by atoms with Crippen molar-refractivity contribution in [3.63, 3.8) is 0 Å². The van der Waals surface area contributed by atoms with E-state index < -0.39 is 5.91 Å². The summed E-state index contributed by atoms with van der Waals surface area (Å²) in [6.45, 7) is 6.15. The molecule has 6 heteroatoms. The molecule has 0 saturated carbocycles. The number of nitrogens with zero attached hydrogens (tertiary/aromatic N) is 1. The van der Waals surface area contributed by atoms with Gasteiger partial charge < -0.3 is 19.5 Å². The number of hydrogen-bond donors (Lipinski definition) is 1. The SMILES string of the molecule is C=CCc1cc(/C=C(\C#N)C(=O)Nc2ccc(OC)cc2)cc(OC)c1OCC. The minimum atomic E-state index is -0.504. The van der Waals surface area contributed by atoms with Crippen LogP contribution in [-0.4, -0.2) is 26.7 Å². The molecule has 0 fully saturated rings. The first-order valence-corrected chi connectivity index (χ1v) is 9.08. The molecule has 0 atom stereocenters. The van der Waals surface area contributed by atoms with Gasteiger partial charge in [-0.2, -0.15) is 5.26 Å². The van der Waals surface area contributed by atoms with Crippen molar-refractivity contribution in [2.24, 2.45) is 0 Å². The summed E-state index contributed by atoms with van der Waals surface area (Å²) >= 11 is 0. The highest BCUT2D eigenvalue weighted by molar-refractivity contribution is 6.09. The molecule has 0 saturated heterocycles. The number of hydrogen-bond acceptors (Lipinski definition) is 5. The third-order valence-electron chi connectivity index (χ3n) is 4.05. The van der Waals surface area contributed by atoms with Crippen LogP contribution in [0.2, 0.25) is 0 Å². The largest absolute Gasteiger partial charge is 0.497 e. The maximum atomic E-state index is 12.5. The monoisotopic (exact) mass is 392 g/mol. The summed E-state index contributed by atoms with van der Waals surface area (Å²) in [5, 5.41) is 12.2. The maximum Gasteiger partial charge on any atom is 0.266 e. The number of amides is 1. The molecule has 0 aliphatic rings. The van der Waals surface area contributed by atoms with Gasteiger partial charge in [0.2, 0.25) is 0 Å². The van der Waals surface area contributed by atoms with Crippen molar-refractivity contribution in [2.45, 2.75) is 13.3 Å². The van der Waals surface area contributed by atoms with Crippen LogP contribution in [0.5, 0.6) is 17.2 Å². The van der Waals surface area contributed by atoms with Gasteiger partial charge in [-0.1, -0.05) is 6.08 Å². The van der Waals surface area contributed by atoms with Crippen molar-refractivity contribution in [3.8, 4) is 23.3 Å². The second kappa shape index (κ2) is 10.6. The molecule has 2 aromatic carbocycles. The van der Waals surface area contributed by atoms with Crippen molar-refractivity contribution >= 4 is 17.7 Å². The Kier molecular flexibility index (Phi) is 7.87. The molecule has 0 radical (unpaired) electrons. The van der Waals surface area contributed by atoms with Crippen molar-refractivity contribution < 1.29 is 19.0 Å². The molecule has 29 heavy (non-hydrogen) atoms. The van der Waals surface area contributed by atoms with Crippen LogP contribution in [0.15, 0.2) is 54.6 Å². The fourth-order valence-corrected chi connectivity index (χ4v) is 2.72. The van der Waals surface area contributed by atoms with E-state index in [0.717, 1.165) is 5.56 Å². The molecular weight excluding hydrogens is 368 g/mol. The zero-order valence-electron chi connectivity index (χ0n) is 16.8. The molecule has 0 bridgehead atoms. The van der Waals surface area contributed by atoms with Gasteiger partial charge in [-0.25, -0.2) is 0 Å². The van der Waals surface area contributed by atoms with E-state index in [1.165, 1.54) is 6.08 Å². The highest BCUT2D eigenvalue weighted by atomic mass is 16.5. The fraction of sp³-hybridized carbons (Fsp3) is 0.217. The third-order valence-corrected chi connectivity index (χ3v) is 4.05. The number of nitrogens with one attached hydrogen (secondary N) is 1. The van der Waals surface area contributed by atoms with Gasteiger partial charge in [0, 0.05) is 11.3 Å². The minimum absolute atomic E-state index is 0.0309. The number of anilines is 1. The molecule has 0 spiro atoms. The lowest BCUT2D eigenvalue weighted by atomic mass is 10.0. The van der Waals surface area contributed by atoms with Crippen LogP contribution in [0.4, 0.5) is 5.69 Å². The van der Waals surface area contributed by atoms with Crippen LogP contribution in [0, 0.1) is 11.3 Å². The molecule has 0 aliphatic heterocycles. The van der Waals surface area contributed by atoms with E-state index in [9.17, 15) is 10.1 Å². The van der Waals surface area contributed by atoms with E-state index >= 15 is 0 Å². The first-order chi connectivity index (χ1) is 14.1. The molecule has 1 N–H and O–H groups in total. The maximum absolute atomic E-state index is 12.5. The second-order valence-electron chi connectivity index (χ2n) is 5.99. The fourth-order valence-electron chi connectivity index (χ4n) is 2.72. The molecule has 150 valence electrons. The lowest BCUT2D eigenvalue weighted by Gasteiger charge is -2.15. The molecule has 2 rings (SSSR count). The van der Waals surface area contributed by atoms with Crippen LogP contribution in [0.3, 0.4) is 0 Å². The van der Waals surface area contributed by atoms with Gasteiger partial charge in [0.1, 0.15) is 17.4 Å². The molecular formula is C23H24N2O4. The van der Waals surface area contributed by atoms with Gasteiger partial charge in [0.05, 0.1) is 20.8 Å². The summed E-state index contributed by atoms with van der Waals surface area (Å²) in [5.41, 5.74) is 2.05. The van der Waals surface area contributed by atoms with Crippen molar-refractivity contribution in [2.75, 3.05) is 26.1 Å². The Labute approximate surface area is 171 Å². The number of carbonyl (C=O) groups is 1. The number of allylic oxidation sites excluding steroid dienone is 1. The highest BCUT2D eigenvalue weighted by Gasteiger charge is 2.14. The van der Waals surface area contributed by atoms with Crippen LogP contribution >= 0.6 is 0 Å². The van der Waals surface area contributed by atoms with Crippen LogP contribution in [-0.2, 0) is 11.2 Å². The number of rotatable bonds is 9. The summed E-state index contributed by atoms with van der Waals surface area (Å²) in [4.78, 5) is 12.5. The molecule has 0 aromatic heterocycles. The summed E-state index contributed by atoms with van der Waals surface area (Å²) in [5.74, 6) is 1.34. The Balaban J connectivity index is 2.35. The minimum Gasteiger partial charge on any atom is -0.497 e. The van der Waals surface area contributed by atoms with Gasteiger partial charge in [0.15, 0.2) is 11.5 Å². The van der Waals surface area contributed by atoms with Gasteiger partial charge in [0.25, 0.3) is 5.91 Å². The summed E-state index contributed by atoms with van der Waals surface area (Å²) in [6.07, 6.45) is 3.84. The van der Waals surface area contributed by atoms with Crippen molar-refractivity contribution in [1.82, 2.24) is 0 Å². The Bertz CT molecular complexity index is 941. The first kappa shape index (κ1) is 21.6. The number of nitriles is 1. The summed E-state index contributed by atoms with van der Waals surface area (Å²) < 4.78 is 16.2. The summed E-state index contributed by atoms with van der Waals surface area (Å²) in [7, 11) is 3.11. The van der Waals surface area contributed by atoms with E-state index in [0.29, 0.717) is 41.5 Å². The second-order valence-corrected chi connectivity index (χ2v) is 5.99. The van der Waals surface area contributed by atoms with Gasteiger partial charge in [-0.3, -0.25) is 4.79 Å². The lowest BCUT2D eigenvalue weighted by Crippen LogP contribution is -2.13. The molecule has 2 aromatic rings. The molecule has 0 unspecified atom stereocenters. The zero-order chi connectivity index (χ0) is 21.2. The zero-order valence-corrected chi connectivity index (χ0v) is 16.8. The van der Waals surface area contributed by atoms with Gasteiger partial charge in [-0.05, 0) is 61.4 Å². The third kappa shape index (κ3) is 5.63. The predicted molar refractivity (Wildman–Crippen MR) is 113 cm³/mol. The smallest absolute Gasteiger partial charge is 0.266 e. The van der Waals surface area contributed by atoms with E-state index in [4.69, 9.17) is 14.2 Å². The van der Waals surface area contributed by atoms with Crippen molar-refractivity contribution in [3.05, 3.63) is 65.8 Å². The average molecular weight is 392 g/mol. The molecule has 6 nitrogen and oxygen atoms in total. The Morgan fingerprint density at radius 3 is 2.48 bits per heavy atom. The number of benzene rings is 2. The number of ether oxygens (including phenoxy) is 3. The molecule has 0 aliphatic carbocycles. The number of carbonyl (C=O) groups excluding carboxylic acids is 1.